The van der Waals surface area contributed by atoms with Crippen LogP contribution in [-0.2, 0) is 19.0 Å². The van der Waals surface area contributed by atoms with Gasteiger partial charge in [0.15, 0.2) is 6.10 Å². The van der Waals surface area contributed by atoms with Crippen LogP contribution in [0.2, 0.25) is 0 Å². The number of hydrogen-bond donors (Lipinski definition) is 0. The van der Waals surface area contributed by atoms with Crippen molar-refractivity contribution >= 4 is 5.97 Å². The summed E-state index contributed by atoms with van der Waals surface area (Å²) >= 11 is 0. The van der Waals surface area contributed by atoms with Gasteiger partial charge in [0, 0.05) is 6.61 Å². The Bertz CT molecular complexity index is 147. The number of methoxy groups -OCH3 is 1. The SMILES string of the molecule is CCOCC(C)O[C@@H](C)C(=O)OC. The van der Waals surface area contributed by atoms with Crippen LogP contribution in [-0.4, -0.2) is 38.5 Å². The molecule has 0 saturated carbocycles. The number of carbonyl (C=O) groups is 1. The lowest BCUT2D eigenvalue weighted by molar-refractivity contribution is -0.157. The number of esters is 1. The van der Waals surface area contributed by atoms with E-state index in [-0.39, 0.29) is 12.1 Å². The van der Waals surface area contributed by atoms with Crippen LogP contribution in [0.25, 0.3) is 0 Å². The Kier molecular flexibility index (Phi) is 6.54. The van der Waals surface area contributed by atoms with Gasteiger partial charge in [-0.05, 0) is 20.8 Å². The first kappa shape index (κ1) is 12.4. The third-order valence-electron chi connectivity index (χ3n) is 1.53. The van der Waals surface area contributed by atoms with Crippen molar-refractivity contribution in [1.29, 1.82) is 0 Å². The predicted molar refractivity (Wildman–Crippen MR) is 48.5 cm³/mol. The quantitative estimate of drug-likeness (QED) is 0.586. The average molecular weight is 190 g/mol. The first-order valence-electron chi connectivity index (χ1n) is 4.42. The first-order valence-corrected chi connectivity index (χ1v) is 4.42. The van der Waals surface area contributed by atoms with E-state index in [0.29, 0.717) is 13.2 Å². The summed E-state index contributed by atoms with van der Waals surface area (Å²) in [7, 11) is 1.34. The zero-order chi connectivity index (χ0) is 10.3. The lowest BCUT2D eigenvalue weighted by atomic mass is 10.3. The summed E-state index contributed by atoms with van der Waals surface area (Å²) in [5, 5.41) is 0. The van der Waals surface area contributed by atoms with Gasteiger partial charge < -0.3 is 14.2 Å². The molecule has 0 aromatic heterocycles. The van der Waals surface area contributed by atoms with E-state index in [1.807, 2.05) is 13.8 Å². The molecule has 0 rings (SSSR count). The van der Waals surface area contributed by atoms with Gasteiger partial charge in [-0.25, -0.2) is 4.79 Å². The molecule has 13 heavy (non-hydrogen) atoms. The van der Waals surface area contributed by atoms with Crippen LogP contribution in [0, 0.1) is 0 Å². The minimum atomic E-state index is -0.527. The zero-order valence-electron chi connectivity index (χ0n) is 8.70. The maximum atomic E-state index is 10.9. The Morgan fingerprint density at radius 2 is 2.00 bits per heavy atom. The summed E-state index contributed by atoms with van der Waals surface area (Å²) in [6.07, 6.45) is -0.616. The fourth-order valence-electron chi connectivity index (χ4n) is 0.893. The fourth-order valence-corrected chi connectivity index (χ4v) is 0.893. The van der Waals surface area contributed by atoms with E-state index in [0.717, 1.165) is 0 Å². The summed E-state index contributed by atoms with van der Waals surface area (Å²) in [5.74, 6) is -0.358. The Labute approximate surface area is 79.2 Å². The van der Waals surface area contributed by atoms with Crippen molar-refractivity contribution < 1.29 is 19.0 Å². The lowest BCUT2D eigenvalue weighted by Crippen LogP contribution is -2.28. The first-order chi connectivity index (χ1) is 6.11. The minimum absolute atomic E-state index is 0.0888. The van der Waals surface area contributed by atoms with Crippen LogP contribution in [0.5, 0.6) is 0 Å². The highest BCUT2D eigenvalue weighted by molar-refractivity contribution is 5.73. The Balaban J connectivity index is 3.64. The molecule has 0 saturated heterocycles. The summed E-state index contributed by atoms with van der Waals surface area (Å²) in [5.41, 5.74) is 0. The molecular weight excluding hydrogens is 172 g/mol. The molecule has 0 spiro atoms. The fraction of sp³-hybridized carbons (Fsp3) is 0.889. The minimum Gasteiger partial charge on any atom is -0.467 e. The van der Waals surface area contributed by atoms with E-state index in [2.05, 4.69) is 4.74 Å². The van der Waals surface area contributed by atoms with E-state index in [9.17, 15) is 4.79 Å². The number of hydrogen-bond acceptors (Lipinski definition) is 4. The molecule has 0 aliphatic rings. The van der Waals surface area contributed by atoms with Gasteiger partial charge in [0.05, 0.1) is 19.8 Å². The molecule has 78 valence electrons. The second-order valence-electron chi connectivity index (χ2n) is 2.77. The monoisotopic (exact) mass is 190 g/mol. The molecule has 4 heteroatoms. The molecule has 0 aliphatic heterocycles. The number of rotatable bonds is 6. The molecule has 0 aliphatic carbocycles. The van der Waals surface area contributed by atoms with Gasteiger partial charge in [-0.3, -0.25) is 0 Å². The summed E-state index contributed by atoms with van der Waals surface area (Å²) in [4.78, 5) is 10.9. The van der Waals surface area contributed by atoms with Gasteiger partial charge >= 0.3 is 5.97 Å². The van der Waals surface area contributed by atoms with Crippen LogP contribution in [0.3, 0.4) is 0 Å². The van der Waals surface area contributed by atoms with Crippen LogP contribution in [0.4, 0.5) is 0 Å². The van der Waals surface area contributed by atoms with E-state index in [1.165, 1.54) is 7.11 Å². The molecule has 0 radical (unpaired) electrons. The topological polar surface area (TPSA) is 44.8 Å². The van der Waals surface area contributed by atoms with E-state index >= 15 is 0 Å². The van der Waals surface area contributed by atoms with E-state index in [1.54, 1.807) is 6.92 Å². The highest BCUT2D eigenvalue weighted by Crippen LogP contribution is 2.00. The molecule has 0 heterocycles. The summed E-state index contributed by atoms with van der Waals surface area (Å²) in [6.45, 7) is 6.58. The molecule has 0 fully saturated rings. The second-order valence-corrected chi connectivity index (χ2v) is 2.77. The Hall–Kier alpha value is -0.610. The molecule has 0 amide bonds. The maximum absolute atomic E-state index is 10.9. The van der Waals surface area contributed by atoms with Gasteiger partial charge in [0.1, 0.15) is 0 Å². The van der Waals surface area contributed by atoms with Crippen LogP contribution in [0.1, 0.15) is 20.8 Å². The third kappa shape index (κ3) is 5.60. The van der Waals surface area contributed by atoms with E-state index < -0.39 is 6.10 Å². The van der Waals surface area contributed by atoms with Gasteiger partial charge in [-0.15, -0.1) is 0 Å². The standard InChI is InChI=1S/C9H18O4/c1-5-12-6-7(2)13-8(3)9(10)11-4/h7-8H,5-6H2,1-4H3/t7?,8-/m0/s1. The average Bonchev–Trinajstić information content (AvgIpc) is 2.13. The van der Waals surface area contributed by atoms with Gasteiger partial charge in [0.25, 0.3) is 0 Å². The van der Waals surface area contributed by atoms with Crippen molar-refractivity contribution in [3.05, 3.63) is 0 Å². The Morgan fingerprint density at radius 1 is 1.38 bits per heavy atom. The van der Waals surface area contributed by atoms with Gasteiger partial charge in [-0.1, -0.05) is 0 Å². The van der Waals surface area contributed by atoms with Crippen molar-refractivity contribution in [3.8, 4) is 0 Å². The van der Waals surface area contributed by atoms with Crippen molar-refractivity contribution in [3.63, 3.8) is 0 Å². The molecule has 1 unspecified atom stereocenters. The molecule has 0 bridgehead atoms. The van der Waals surface area contributed by atoms with Gasteiger partial charge in [-0.2, -0.15) is 0 Å². The molecule has 2 atom stereocenters. The normalized spacial score (nSPS) is 15.1. The third-order valence-corrected chi connectivity index (χ3v) is 1.53. The lowest BCUT2D eigenvalue weighted by Gasteiger charge is -2.16. The van der Waals surface area contributed by atoms with Crippen molar-refractivity contribution in [2.45, 2.75) is 33.0 Å². The molecule has 0 aromatic rings. The van der Waals surface area contributed by atoms with Crippen molar-refractivity contribution in [2.24, 2.45) is 0 Å². The predicted octanol–water partition coefficient (Wildman–Crippen LogP) is 0.990. The maximum Gasteiger partial charge on any atom is 0.334 e. The molecule has 4 nitrogen and oxygen atoms in total. The van der Waals surface area contributed by atoms with Crippen molar-refractivity contribution in [1.82, 2.24) is 0 Å². The van der Waals surface area contributed by atoms with Crippen molar-refractivity contribution in [2.75, 3.05) is 20.3 Å². The van der Waals surface area contributed by atoms with Crippen LogP contribution >= 0.6 is 0 Å². The largest absolute Gasteiger partial charge is 0.467 e. The highest BCUT2D eigenvalue weighted by atomic mass is 16.6. The number of ether oxygens (including phenoxy) is 3. The molecule has 0 N–H and O–H groups in total. The number of carbonyl (C=O) groups excluding carboxylic acids is 1. The second kappa shape index (κ2) is 6.86. The zero-order valence-corrected chi connectivity index (χ0v) is 8.70. The molecular formula is C9H18O4. The summed E-state index contributed by atoms with van der Waals surface area (Å²) < 4.78 is 15.0. The van der Waals surface area contributed by atoms with Crippen LogP contribution in [0.15, 0.2) is 0 Å². The Morgan fingerprint density at radius 3 is 2.46 bits per heavy atom. The van der Waals surface area contributed by atoms with Crippen LogP contribution < -0.4 is 0 Å². The summed E-state index contributed by atoms with van der Waals surface area (Å²) in [6, 6.07) is 0. The molecule has 0 aromatic carbocycles. The van der Waals surface area contributed by atoms with Gasteiger partial charge in [0.2, 0.25) is 0 Å². The highest BCUT2D eigenvalue weighted by Gasteiger charge is 2.16. The smallest absolute Gasteiger partial charge is 0.334 e. The van der Waals surface area contributed by atoms with E-state index in [4.69, 9.17) is 9.47 Å².